The van der Waals surface area contributed by atoms with E-state index in [9.17, 15) is 4.79 Å². The predicted octanol–water partition coefficient (Wildman–Crippen LogP) is 2.59. The van der Waals surface area contributed by atoms with E-state index >= 15 is 0 Å². The van der Waals surface area contributed by atoms with Crippen molar-refractivity contribution in [2.75, 3.05) is 18.6 Å². The minimum atomic E-state index is -0.323. The van der Waals surface area contributed by atoms with Crippen LogP contribution in [0.25, 0.3) is 0 Å². The molecule has 76 valence electrons. The highest BCUT2D eigenvalue weighted by Crippen LogP contribution is 2.15. The Labute approximate surface area is 84.3 Å². The lowest BCUT2D eigenvalue weighted by Crippen LogP contribution is -2.30. The lowest BCUT2D eigenvalue weighted by atomic mass is 10.2. The van der Waals surface area contributed by atoms with Crippen molar-refractivity contribution >= 4 is 11.8 Å². The largest absolute Gasteiger partial charge is 0.452 e. The summed E-state index contributed by atoms with van der Waals surface area (Å²) in [5.74, 6) is 0. The second-order valence-corrected chi connectivity index (χ2v) is 3.05. The molecule has 1 aromatic carbocycles. The Kier molecular flexibility index (Phi) is 3.51. The molecule has 1 rings (SSSR count). The average Bonchev–Trinajstić information content (AvgIpc) is 2.21. The first kappa shape index (κ1) is 10.6. The summed E-state index contributed by atoms with van der Waals surface area (Å²) in [5, 5.41) is 0. The van der Waals surface area contributed by atoms with Crippen molar-refractivity contribution in [3.63, 3.8) is 0 Å². The molecule has 1 amide bonds. The molecule has 0 bridgehead atoms. The molecule has 0 aliphatic rings. The van der Waals surface area contributed by atoms with E-state index in [-0.39, 0.29) is 6.09 Å². The van der Waals surface area contributed by atoms with Gasteiger partial charge in [-0.25, -0.2) is 4.79 Å². The van der Waals surface area contributed by atoms with E-state index in [1.54, 1.807) is 4.90 Å². The summed E-state index contributed by atoms with van der Waals surface area (Å²) in [4.78, 5) is 12.9. The van der Waals surface area contributed by atoms with Crippen LogP contribution in [0.5, 0.6) is 0 Å². The molecule has 0 atom stereocenters. The van der Waals surface area contributed by atoms with E-state index in [0.29, 0.717) is 6.54 Å². The van der Waals surface area contributed by atoms with Crippen LogP contribution in [0, 0.1) is 6.92 Å². The number of rotatable bonds is 2. The van der Waals surface area contributed by atoms with E-state index in [1.165, 1.54) is 12.7 Å². The molecule has 3 nitrogen and oxygen atoms in total. The number of aryl methyl sites for hydroxylation is 1. The molecule has 0 heterocycles. The maximum atomic E-state index is 11.3. The quantitative estimate of drug-likeness (QED) is 0.722. The Balaban J connectivity index is 2.89. The van der Waals surface area contributed by atoms with Gasteiger partial charge in [0.2, 0.25) is 0 Å². The zero-order valence-corrected chi connectivity index (χ0v) is 8.78. The molecule has 3 heteroatoms. The molecule has 0 unspecified atom stereocenters. The standard InChI is InChI=1S/C11H15NO2/c1-4-12(11(13)14-3)10-7-5-9(2)6-8-10/h5-8H,4H2,1-3H3. The number of carbonyl (C=O) groups excluding carboxylic acids is 1. The second-order valence-electron chi connectivity index (χ2n) is 3.05. The van der Waals surface area contributed by atoms with Crippen LogP contribution in [0.1, 0.15) is 12.5 Å². The highest BCUT2D eigenvalue weighted by molar-refractivity contribution is 5.87. The number of carbonyl (C=O) groups is 1. The lowest BCUT2D eigenvalue weighted by molar-refractivity contribution is 0.179. The number of nitrogens with zero attached hydrogens (tertiary/aromatic N) is 1. The van der Waals surface area contributed by atoms with Gasteiger partial charge >= 0.3 is 6.09 Å². The molecule has 0 aromatic heterocycles. The van der Waals surface area contributed by atoms with Crippen molar-refractivity contribution in [1.82, 2.24) is 0 Å². The van der Waals surface area contributed by atoms with E-state index in [2.05, 4.69) is 4.74 Å². The highest BCUT2D eigenvalue weighted by Gasteiger charge is 2.12. The van der Waals surface area contributed by atoms with Gasteiger partial charge in [-0.3, -0.25) is 4.90 Å². The van der Waals surface area contributed by atoms with Crippen molar-refractivity contribution < 1.29 is 9.53 Å². The Morgan fingerprint density at radius 1 is 1.36 bits per heavy atom. The van der Waals surface area contributed by atoms with Crippen LogP contribution in [0.4, 0.5) is 10.5 Å². The number of amides is 1. The SMILES string of the molecule is CCN(C(=O)OC)c1ccc(C)cc1. The minimum Gasteiger partial charge on any atom is -0.452 e. The maximum absolute atomic E-state index is 11.3. The highest BCUT2D eigenvalue weighted by atomic mass is 16.5. The van der Waals surface area contributed by atoms with Gasteiger partial charge in [0.25, 0.3) is 0 Å². The van der Waals surface area contributed by atoms with E-state index in [0.717, 1.165) is 5.69 Å². The fourth-order valence-electron chi connectivity index (χ4n) is 1.25. The van der Waals surface area contributed by atoms with Crippen molar-refractivity contribution in [2.45, 2.75) is 13.8 Å². The number of methoxy groups -OCH3 is 1. The zero-order valence-electron chi connectivity index (χ0n) is 8.78. The maximum Gasteiger partial charge on any atom is 0.413 e. The summed E-state index contributed by atoms with van der Waals surface area (Å²) in [6.07, 6.45) is -0.323. The van der Waals surface area contributed by atoms with Gasteiger partial charge in [-0.2, -0.15) is 0 Å². The third-order valence-corrected chi connectivity index (χ3v) is 2.06. The van der Waals surface area contributed by atoms with Gasteiger partial charge in [0.05, 0.1) is 7.11 Å². The van der Waals surface area contributed by atoms with Crippen molar-refractivity contribution in [3.05, 3.63) is 29.8 Å². The molecule has 0 aliphatic carbocycles. The van der Waals surface area contributed by atoms with Gasteiger partial charge < -0.3 is 4.74 Å². The molecule has 0 fully saturated rings. The molecule has 1 aromatic rings. The van der Waals surface area contributed by atoms with Crippen molar-refractivity contribution in [2.24, 2.45) is 0 Å². The van der Waals surface area contributed by atoms with Gasteiger partial charge in [-0.05, 0) is 26.0 Å². The monoisotopic (exact) mass is 193 g/mol. The Morgan fingerprint density at radius 2 is 1.93 bits per heavy atom. The van der Waals surface area contributed by atoms with Crippen LogP contribution >= 0.6 is 0 Å². The number of hydrogen-bond acceptors (Lipinski definition) is 2. The molecule has 0 radical (unpaired) electrons. The summed E-state index contributed by atoms with van der Waals surface area (Å²) in [6, 6.07) is 7.77. The second kappa shape index (κ2) is 4.65. The summed E-state index contributed by atoms with van der Waals surface area (Å²) in [6.45, 7) is 4.53. The predicted molar refractivity (Wildman–Crippen MR) is 56.6 cm³/mol. The van der Waals surface area contributed by atoms with Gasteiger partial charge in [-0.15, -0.1) is 0 Å². The van der Waals surface area contributed by atoms with Gasteiger partial charge in [0.1, 0.15) is 0 Å². The molecule has 0 N–H and O–H groups in total. The smallest absolute Gasteiger partial charge is 0.413 e. The molecule has 0 aliphatic heterocycles. The first-order valence-electron chi connectivity index (χ1n) is 4.61. The first-order valence-corrected chi connectivity index (χ1v) is 4.61. The lowest BCUT2D eigenvalue weighted by Gasteiger charge is -2.19. The van der Waals surface area contributed by atoms with Crippen LogP contribution < -0.4 is 4.90 Å². The summed E-state index contributed by atoms with van der Waals surface area (Å²) < 4.78 is 4.67. The Hall–Kier alpha value is -1.51. The van der Waals surface area contributed by atoms with Crippen molar-refractivity contribution in [3.8, 4) is 0 Å². The van der Waals surface area contributed by atoms with E-state index in [4.69, 9.17) is 0 Å². The van der Waals surface area contributed by atoms with Crippen molar-refractivity contribution in [1.29, 1.82) is 0 Å². The fourth-order valence-corrected chi connectivity index (χ4v) is 1.25. The van der Waals surface area contributed by atoms with Crippen LogP contribution in [-0.2, 0) is 4.74 Å². The van der Waals surface area contributed by atoms with Crippen LogP contribution in [-0.4, -0.2) is 19.7 Å². The number of anilines is 1. The summed E-state index contributed by atoms with van der Waals surface area (Å²) in [5.41, 5.74) is 2.04. The van der Waals surface area contributed by atoms with Crippen LogP contribution in [0.15, 0.2) is 24.3 Å². The third kappa shape index (κ3) is 2.25. The molecule has 0 saturated carbocycles. The van der Waals surface area contributed by atoms with Crippen LogP contribution in [0.3, 0.4) is 0 Å². The number of hydrogen-bond donors (Lipinski definition) is 0. The number of ether oxygens (including phenoxy) is 1. The number of benzene rings is 1. The van der Waals surface area contributed by atoms with E-state index in [1.807, 2.05) is 38.1 Å². The zero-order chi connectivity index (χ0) is 10.6. The van der Waals surface area contributed by atoms with Crippen LogP contribution in [0.2, 0.25) is 0 Å². The Morgan fingerprint density at radius 3 is 2.36 bits per heavy atom. The molecular formula is C11H15NO2. The average molecular weight is 193 g/mol. The van der Waals surface area contributed by atoms with E-state index < -0.39 is 0 Å². The topological polar surface area (TPSA) is 29.5 Å². The van der Waals surface area contributed by atoms with Gasteiger partial charge in [0, 0.05) is 12.2 Å². The third-order valence-electron chi connectivity index (χ3n) is 2.06. The molecule has 0 saturated heterocycles. The fraction of sp³-hybridized carbons (Fsp3) is 0.364. The van der Waals surface area contributed by atoms with Gasteiger partial charge in [-0.1, -0.05) is 17.7 Å². The first-order chi connectivity index (χ1) is 6.69. The summed E-state index contributed by atoms with van der Waals surface area (Å²) >= 11 is 0. The van der Waals surface area contributed by atoms with Gasteiger partial charge in [0.15, 0.2) is 0 Å². The molecule has 0 spiro atoms. The summed E-state index contributed by atoms with van der Waals surface area (Å²) in [7, 11) is 1.39. The Bertz CT molecular complexity index is 306. The minimum absolute atomic E-state index is 0.323. The molecule has 14 heavy (non-hydrogen) atoms. The normalized spacial score (nSPS) is 9.64. The molecular weight excluding hydrogens is 178 g/mol.